The van der Waals surface area contributed by atoms with Gasteiger partial charge in [-0.3, -0.25) is 4.90 Å². The Balaban J connectivity index is 0.00000169. The molecule has 1 aromatic rings. The Morgan fingerprint density at radius 1 is 1.19 bits per heavy atom. The molecule has 1 saturated carbocycles. The average Bonchev–Trinajstić information content (AvgIpc) is 2.60. The summed E-state index contributed by atoms with van der Waals surface area (Å²) >= 11 is 6.34. The second-order valence-electron chi connectivity index (χ2n) is 6.88. The maximum atomic E-state index is 14.6. The van der Waals surface area contributed by atoms with E-state index in [4.69, 9.17) is 16.3 Å². The molecule has 1 heterocycles. The van der Waals surface area contributed by atoms with Gasteiger partial charge in [-0.1, -0.05) is 30.9 Å². The van der Waals surface area contributed by atoms with E-state index in [0.29, 0.717) is 17.5 Å². The highest BCUT2D eigenvalue weighted by atomic mass is 35.5. The Kier molecular flexibility index (Phi) is 10.6. The lowest BCUT2D eigenvalue weighted by Crippen LogP contribution is -2.47. The van der Waals surface area contributed by atoms with Crippen molar-refractivity contribution < 1.29 is 9.13 Å². The van der Waals surface area contributed by atoms with Crippen LogP contribution in [0.3, 0.4) is 0 Å². The summed E-state index contributed by atoms with van der Waals surface area (Å²) in [6.45, 7) is 6.27. The summed E-state index contributed by atoms with van der Waals surface area (Å²) in [7, 11) is 0. The number of rotatable bonds is 5. The molecule has 7 heteroatoms. The van der Waals surface area contributed by atoms with Crippen LogP contribution in [-0.2, 0) is 0 Å². The van der Waals surface area contributed by atoms with Crippen molar-refractivity contribution in [3.63, 3.8) is 0 Å². The third kappa shape index (κ3) is 5.62. The van der Waals surface area contributed by atoms with Crippen molar-refractivity contribution in [1.82, 2.24) is 10.2 Å². The summed E-state index contributed by atoms with van der Waals surface area (Å²) in [6.07, 6.45) is 6.33. The summed E-state index contributed by atoms with van der Waals surface area (Å²) in [5, 5.41) is 3.80. The maximum Gasteiger partial charge on any atom is 0.173 e. The molecule has 0 bridgehead atoms. The van der Waals surface area contributed by atoms with Crippen LogP contribution in [-0.4, -0.2) is 37.7 Å². The highest BCUT2D eigenvalue weighted by Crippen LogP contribution is 2.41. The summed E-state index contributed by atoms with van der Waals surface area (Å²) in [5.74, 6) is 0.436. The van der Waals surface area contributed by atoms with E-state index in [9.17, 15) is 4.39 Å². The minimum Gasteiger partial charge on any atom is -0.489 e. The zero-order valence-corrected chi connectivity index (χ0v) is 17.7. The van der Waals surface area contributed by atoms with Crippen LogP contribution < -0.4 is 10.1 Å². The van der Waals surface area contributed by atoms with Crippen LogP contribution in [0.2, 0.25) is 5.02 Å². The molecule has 0 radical (unpaired) electrons. The van der Waals surface area contributed by atoms with Crippen molar-refractivity contribution in [2.45, 2.75) is 45.1 Å². The number of halogens is 4. The average molecular weight is 428 g/mol. The number of hydrogen-bond donors (Lipinski definition) is 1. The summed E-state index contributed by atoms with van der Waals surface area (Å²) in [6, 6.07) is 3.84. The standard InChI is InChI=1S/C19H28ClFN2O.2ClH/c1-2-24-19-16(20)12-15(13-17(19)21)18(14-6-4-3-5-7-14)23-10-8-22-9-11-23;;/h12-14,18,22H,2-11H2,1H3;2*1H/t18-;;/m1../s1. The third-order valence-corrected chi connectivity index (χ3v) is 5.57. The first-order chi connectivity index (χ1) is 11.7. The Bertz CT molecular complexity index is 509. The van der Waals surface area contributed by atoms with E-state index < -0.39 is 0 Å². The number of nitrogens with zero attached hydrogens (tertiary/aromatic N) is 1. The Morgan fingerprint density at radius 3 is 2.42 bits per heavy atom. The minimum atomic E-state index is -0.338. The molecule has 1 saturated heterocycles. The van der Waals surface area contributed by atoms with Gasteiger partial charge in [0.1, 0.15) is 0 Å². The monoisotopic (exact) mass is 426 g/mol. The van der Waals surface area contributed by atoms with E-state index >= 15 is 0 Å². The van der Waals surface area contributed by atoms with E-state index in [0.717, 1.165) is 31.7 Å². The minimum absolute atomic E-state index is 0. The van der Waals surface area contributed by atoms with Crippen LogP contribution in [0.25, 0.3) is 0 Å². The SMILES string of the molecule is CCOc1c(F)cc([C@@H](C2CCCCC2)N2CCNCC2)cc1Cl.Cl.Cl. The van der Waals surface area contributed by atoms with Crippen LogP contribution >= 0.6 is 36.4 Å². The lowest BCUT2D eigenvalue weighted by atomic mass is 9.80. The van der Waals surface area contributed by atoms with Crippen molar-refractivity contribution >= 4 is 36.4 Å². The normalized spacial score (nSPS) is 20.0. The first-order valence-corrected chi connectivity index (χ1v) is 9.65. The lowest BCUT2D eigenvalue weighted by molar-refractivity contribution is 0.103. The van der Waals surface area contributed by atoms with Gasteiger partial charge in [0, 0.05) is 32.2 Å². The number of piperazine rings is 1. The molecule has 3 rings (SSSR count). The van der Waals surface area contributed by atoms with E-state index in [1.54, 1.807) is 6.07 Å². The quantitative estimate of drug-likeness (QED) is 0.694. The van der Waals surface area contributed by atoms with Crippen molar-refractivity contribution in [2.75, 3.05) is 32.8 Å². The second kappa shape index (κ2) is 11.6. The van der Waals surface area contributed by atoms with E-state index in [1.165, 1.54) is 32.1 Å². The molecule has 1 N–H and O–H groups in total. The zero-order valence-electron chi connectivity index (χ0n) is 15.3. The van der Waals surface area contributed by atoms with Gasteiger partial charge in [0.25, 0.3) is 0 Å². The van der Waals surface area contributed by atoms with Gasteiger partial charge >= 0.3 is 0 Å². The smallest absolute Gasteiger partial charge is 0.173 e. The molecule has 1 aromatic carbocycles. The zero-order chi connectivity index (χ0) is 16.9. The van der Waals surface area contributed by atoms with Crippen molar-refractivity contribution in [3.8, 4) is 5.75 Å². The molecule has 0 unspecified atom stereocenters. The fourth-order valence-corrected chi connectivity index (χ4v) is 4.49. The molecule has 3 nitrogen and oxygen atoms in total. The first kappa shape index (κ1) is 23.8. The number of ether oxygens (including phenoxy) is 1. The Hall–Kier alpha value is -0.260. The van der Waals surface area contributed by atoms with Crippen molar-refractivity contribution in [3.05, 3.63) is 28.5 Å². The fourth-order valence-electron chi connectivity index (χ4n) is 4.22. The molecule has 0 aromatic heterocycles. The molecule has 150 valence electrons. The summed E-state index contributed by atoms with van der Waals surface area (Å²) < 4.78 is 19.9. The Labute approximate surface area is 173 Å². The number of hydrogen-bond acceptors (Lipinski definition) is 3. The molecule has 1 aliphatic carbocycles. The third-order valence-electron chi connectivity index (χ3n) is 5.29. The van der Waals surface area contributed by atoms with E-state index in [2.05, 4.69) is 10.2 Å². The molecule has 0 amide bonds. The van der Waals surface area contributed by atoms with Gasteiger partial charge in [0.15, 0.2) is 11.6 Å². The summed E-state index contributed by atoms with van der Waals surface area (Å²) in [5.41, 5.74) is 1.01. The molecule has 1 atom stereocenters. The van der Waals surface area contributed by atoms with Gasteiger partial charge in [-0.15, -0.1) is 24.8 Å². The largest absolute Gasteiger partial charge is 0.489 e. The van der Waals surface area contributed by atoms with Gasteiger partial charge < -0.3 is 10.1 Å². The highest BCUT2D eigenvalue weighted by molar-refractivity contribution is 6.32. The van der Waals surface area contributed by atoms with Crippen molar-refractivity contribution in [1.29, 1.82) is 0 Å². The van der Waals surface area contributed by atoms with Crippen LogP contribution in [0.1, 0.15) is 50.6 Å². The molecule has 2 fully saturated rings. The van der Waals surface area contributed by atoms with Crippen molar-refractivity contribution in [2.24, 2.45) is 5.92 Å². The van der Waals surface area contributed by atoms with Gasteiger partial charge in [0.2, 0.25) is 0 Å². The maximum absolute atomic E-state index is 14.6. The molecular formula is C19H30Cl3FN2O. The molecular weight excluding hydrogens is 398 g/mol. The van der Waals surface area contributed by atoms with E-state index in [1.807, 2.05) is 13.0 Å². The van der Waals surface area contributed by atoms with Gasteiger partial charge in [-0.05, 0) is 43.4 Å². The van der Waals surface area contributed by atoms with Crippen LogP contribution in [0.4, 0.5) is 4.39 Å². The van der Waals surface area contributed by atoms with Crippen LogP contribution in [0.5, 0.6) is 5.75 Å². The van der Waals surface area contributed by atoms with Crippen LogP contribution in [0.15, 0.2) is 12.1 Å². The van der Waals surface area contributed by atoms with Crippen LogP contribution in [0, 0.1) is 11.7 Å². The molecule has 1 aliphatic heterocycles. The van der Waals surface area contributed by atoms with E-state index in [-0.39, 0.29) is 42.4 Å². The topological polar surface area (TPSA) is 24.5 Å². The predicted molar refractivity (Wildman–Crippen MR) is 111 cm³/mol. The first-order valence-electron chi connectivity index (χ1n) is 9.27. The number of nitrogens with one attached hydrogen (secondary N) is 1. The van der Waals surface area contributed by atoms with Gasteiger partial charge in [0.05, 0.1) is 11.6 Å². The highest BCUT2D eigenvalue weighted by Gasteiger charge is 2.32. The summed E-state index contributed by atoms with van der Waals surface area (Å²) in [4.78, 5) is 2.51. The van der Waals surface area contributed by atoms with Gasteiger partial charge in [-0.25, -0.2) is 4.39 Å². The van der Waals surface area contributed by atoms with Gasteiger partial charge in [-0.2, -0.15) is 0 Å². The lowest BCUT2D eigenvalue weighted by Gasteiger charge is -2.41. The Morgan fingerprint density at radius 2 is 1.85 bits per heavy atom. The fraction of sp³-hybridized carbons (Fsp3) is 0.684. The molecule has 2 aliphatic rings. The molecule has 26 heavy (non-hydrogen) atoms. The predicted octanol–water partition coefficient (Wildman–Crippen LogP) is 5.25. The molecule has 0 spiro atoms. The second-order valence-corrected chi connectivity index (χ2v) is 7.28. The number of benzene rings is 1.